The highest BCUT2D eigenvalue weighted by molar-refractivity contribution is 7.52. The number of nitrogens with zero attached hydrogens (tertiary/aromatic N) is 2. The van der Waals surface area contributed by atoms with Gasteiger partial charge in [-0.25, -0.2) is 9.36 Å². The Kier molecular flexibility index (Phi) is 10.0. The van der Waals surface area contributed by atoms with Crippen molar-refractivity contribution in [1.82, 2.24) is 9.55 Å². The van der Waals surface area contributed by atoms with Crippen LogP contribution in [-0.2, 0) is 26.7 Å². The Morgan fingerprint density at radius 1 is 0.944 bits per heavy atom. The lowest BCUT2D eigenvalue weighted by Gasteiger charge is -2.31. The van der Waals surface area contributed by atoms with Crippen LogP contribution in [0.4, 0.5) is 0 Å². The van der Waals surface area contributed by atoms with E-state index in [0.29, 0.717) is 12.3 Å². The molecule has 2 heterocycles. The molecule has 2 rings (SSSR count). The summed E-state index contributed by atoms with van der Waals surface area (Å²) in [7, 11) is -12.2. The van der Waals surface area contributed by atoms with Crippen molar-refractivity contribution in [2.24, 2.45) is 0 Å². The zero-order chi connectivity index (χ0) is 27.7. The molecule has 208 valence electrons. The van der Waals surface area contributed by atoms with E-state index in [2.05, 4.69) is 24.6 Å². The molecule has 15 heteroatoms. The highest BCUT2D eigenvalue weighted by Gasteiger charge is 2.44. The molecule has 0 saturated carbocycles. The Labute approximate surface area is 220 Å². The third-order valence-electron chi connectivity index (χ3n) is 4.38. The van der Waals surface area contributed by atoms with E-state index in [9.17, 15) is 9.36 Å². The van der Waals surface area contributed by atoms with E-state index in [0.717, 1.165) is 0 Å². The fourth-order valence-corrected chi connectivity index (χ4v) is 12.0. The van der Waals surface area contributed by atoms with Crippen LogP contribution in [0.5, 0.6) is 5.88 Å². The summed E-state index contributed by atoms with van der Waals surface area (Å²) in [5.41, 5.74) is -0.459. The molecule has 1 aromatic heterocycles. The van der Waals surface area contributed by atoms with Crippen LogP contribution >= 0.6 is 7.82 Å². The number of ether oxygens (including phenoxy) is 1. The first kappa shape index (κ1) is 31.8. The standard InChI is InChI=1S/C21H45N2O8PSi4/c1-33(2,3)28-17-15-20(23-14-13-19(22-21(23)24)29-34(4,5)6)27-18(17)16-26-32(25,30-35(7,8)9)31-36(10,11)12/h13-14,17-18,20H,15-16H2,1-12H3. The molecule has 10 nitrogen and oxygen atoms in total. The van der Waals surface area contributed by atoms with Gasteiger partial charge in [0.2, 0.25) is 14.2 Å². The van der Waals surface area contributed by atoms with Crippen molar-refractivity contribution in [3.8, 4) is 5.88 Å². The first-order chi connectivity index (χ1) is 16.0. The third-order valence-corrected chi connectivity index (χ3v) is 12.8. The van der Waals surface area contributed by atoms with Crippen LogP contribution < -0.4 is 10.1 Å². The fraction of sp³-hybridized carbons (Fsp3) is 0.810. The molecule has 0 spiro atoms. The largest absolute Gasteiger partial charge is 0.531 e. The van der Waals surface area contributed by atoms with Crippen LogP contribution in [0.15, 0.2) is 17.1 Å². The van der Waals surface area contributed by atoms with E-state index in [1.165, 1.54) is 4.57 Å². The van der Waals surface area contributed by atoms with Crippen LogP contribution in [0.2, 0.25) is 78.6 Å². The van der Waals surface area contributed by atoms with Crippen molar-refractivity contribution in [3.05, 3.63) is 22.7 Å². The lowest BCUT2D eigenvalue weighted by molar-refractivity contribution is -0.0418. The zero-order valence-corrected chi connectivity index (χ0v) is 28.8. The highest BCUT2D eigenvalue weighted by Crippen LogP contribution is 2.54. The van der Waals surface area contributed by atoms with Gasteiger partial charge in [-0.1, -0.05) is 0 Å². The smallest absolute Gasteiger partial charge is 0.455 e. The molecular weight excluding hydrogens is 552 g/mol. The van der Waals surface area contributed by atoms with Crippen LogP contribution in [-0.4, -0.2) is 61.6 Å². The first-order valence-corrected chi connectivity index (χ1v) is 27.4. The number of aromatic nitrogens is 2. The Hall–Kier alpha value is -0.422. The summed E-state index contributed by atoms with van der Waals surface area (Å²) in [5.74, 6) is 0.316. The molecule has 3 atom stereocenters. The maximum absolute atomic E-state index is 13.6. The minimum atomic E-state index is -3.81. The summed E-state index contributed by atoms with van der Waals surface area (Å²) in [5, 5.41) is 0. The topological polar surface area (TPSA) is 107 Å². The second-order valence-corrected chi connectivity index (χ2v) is 32.9. The molecule has 0 amide bonds. The molecule has 1 aromatic rings. The molecule has 0 N–H and O–H groups in total. The van der Waals surface area contributed by atoms with Gasteiger partial charge in [0.05, 0.1) is 12.7 Å². The van der Waals surface area contributed by atoms with E-state index in [1.54, 1.807) is 12.3 Å². The number of hydrogen-bond donors (Lipinski definition) is 0. The minimum absolute atomic E-state index is 0.0448. The van der Waals surface area contributed by atoms with Crippen LogP contribution in [0.3, 0.4) is 0 Å². The lowest BCUT2D eigenvalue weighted by atomic mass is 10.2. The third kappa shape index (κ3) is 11.1. The van der Waals surface area contributed by atoms with E-state index in [1.807, 2.05) is 58.9 Å². The molecule has 0 radical (unpaired) electrons. The highest BCUT2D eigenvalue weighted by atomic mass is 31.2. The summed E-state index contributed by atoms with van der Waals surface area (Å²) >= 11 is 0. The lowest BCUT2D eigenvalue weighted by Crippen LogP contribution is -2.38. The SMILES string of the molecule is C[Si](C)(C)Oc1ccn(C2CC(O[Si](C)(C)C)C(COP(=O)(O[Si](C)(C)C)O[Si](C)(C)C)O2)c(=O)n1. The van der Waals surface area contributed by atoms with Gasteiger partial charge in [0, 0.05) is 18.7 Å². The summed E-state index contributed by atoms with van der Waals surface area (Å²) in [6.45, 7) is 23.9. The van der Waals surface area contributed by atoms with Gasteiger partial charge in [-0.2, -0.15) is 4.98 Å². The van der Waals surface area contributed by atoms with E-state index in [4.69, 9.17) is 26.5 Å². The molecule has 1 aliphatic heterocycles. The summed E-state index contributed by atoms with van der Waals surface area (Å²) in [6, 6.07) is 1.68. The summed E-state index contributed by atoms with van der Waals surface area (Å²) < 4.78 is 51.2. The Morgan fingerprint density at radius 3 is 1.94 bits per heavy atom. The zero-order valence-electron chi connectivity index (χ0n) is 23.9. The van der Waals surface area contributed by atoms with Gasteiger partial charge in [-0.15, -0.1) is 0 Å². The number of phosphoric acid groups is 1. The minimum Gasteiger partial charge on any atom is -0.531 e. The molecule has 36 heavy (non-hydrogen) atoms. The average Bonchev–Trinajstić information content (AvgIpc) is 2.96. The van der Waals surface area contributed by atoms with Crippen LogP contribution in [0.1, 0.15) is 12.6 Å². The fourth-order valence-electron chi connectivity index (χ4n) is 3.49. The maximum Gasteiger partial charge on any atom is 0.455 e. The predicted octanol–water partition coefficient (Wildman–Crippen LogP) is 5.79. The van der Waals surface area contributed by atoms with Crippen LogP contribution in [0.25, 0.3) is 0 Å². The van der Waals surface area contributed by atoms with E-state index >= 15 is 0 Å². The molecule has 1 fully saturated rings. The van der Waals surface area contributed by atoms with Gasteiger partial charge >= 0.3 is 13.5 Å². The quantitative estimate of drug-likeness (QED) is 0.219. The van der Waals surface area contributed by atoms with E-state index in [-0.39, 0.29) is 12.7 Å². The van der Waals surface area contributed by atoms with Crippen molar-refractivity contribution >= 4 is 41.1 Å². The first-order valence-electron chi connectivity index (χ1n) is 12.3. The number of rotatable bonds is 12. The van der Waals surface area contributed by atoms with Crippen molar-refractivity contribution in [3.63, 3.8) is 0 Å². The Bertz CT molecular complexity index is 978. The average molecular weight is 597 g/mol. The van der Waals surface area contributed by atoms with Crippen molar-refractivity contribution in [1.29, 1.82) is 0 Å². The predicted molar refractivity (Wildman–Crippen MR) is 152 cm³/mol. The summed E-state index contributed by atoms with van der Waals surface area (Å²) in [6.07, 6.45) is 0.560. The Balaban J connectivity index is 2.26. The van der Waals surface area contributed by atoms with Crippen molar-refractivity contribution in [2.45, 2.75) is 103 Å². The number of hydrogen-bond acceptors (Lipinski definition) is 9. The maximum atomic E-state index is 13.6. The normalized spacial score (nSPS) is 22.2. The summed E-state index contributed by atoms with van der Waals surface area (Å²) in [4.78, 5) is 16.9. The monoisotopic (exact) mass is 596 g/mol. The molecule has 0 aliphatic carbocycles. The van der Waals surface area contributed by atoms with Gasteiger partial charge in [-0.3, -0.25) is 9.09 Å². The van der Waals surface area contributed by atoms with E-state index < -0.39 is 59.1 Å². The van der Waals surface area contributed by atoms with Gasteiger partial charge < -0.3 is 22.0 Å². The molecule has 1 aliphatic rings. The Morgan fingerprint density at radius 2 is 1.50 bits per heavy atom. The molecule has 0 bridgehead atoms. The second kappa shape index (κ2) is 11.4. The molecule has 3 unspecified atom stereocenters. The van der Waals surface area contributed by atoms with Gasteiger partial charge in [0.1, 0.15) is 12.3 Å². The molecular formula is C21H45N2O8PSi4. The van der Waals surface area contributed by atoms with Crippen LogP contribution in [0, 0.1) is 0 Å². The van der Waals surface area contributed by atoms with Gasteiger partial charge in [-0.05, 0) is 78.6 Å². The van der Waals surface area contributed by atoms with Crippen molar-refractivity contribution < 1.29 is 31.1 Å². The van der Waals surface area contributed by atoms with Crippen molar-refractivity contribution in [2.75, 3.05) is 6.61 Å². The second-order valence-electron chi connectivity index (χ2n) is 13.0. The molecule has 1 saturated heterocycles. The van der Waals surface area contributed by atoms with Gasteiger partial charge in [0.15, 0.2) is 25.0 Å². The van der Waals surface area contributed by atoms with Gasteiger partial charge in [0.25, 0.3) is 0 Å². The molecule has 0 aromatic carbocycles.